The van der Waals surface area contributed by atoms with Crippen molar-refractivity contribution in [1.82, 2.24) is 14.8 Å². The molecule has 0 spiro atoms. The molecule has 136 valence electrons. The SMILES string of the molecule is COc1cccc(-c2ccc(C(=O)N3CC[C@@H]4CC[C@H](C3)N4C)cc2)n1. The first-order chi connectivity index (χ1) is 12.7. The topological polar surface area (TPSA) is 45.7 Å². The number of ether oxygens (including phenoxy) is 1. The second-order valence-corrected chi connectivity index (χ2v) is 7.23. The number of aromatic nitrogens is 1. The molecule has 2 aromatic rings. The Morgan fingerprint density at radius 1 is 1.08 bits per heavy atom. The van der Waals surface area contributed by atoms with E-state index in [2.05, 4.69) is 16.9 Å². The van der Waals surface area contributed by atoms with Crippen LogP contribution in [0.3, 0.4) is 0 Å². The molecule has 0 radical (unpaired) electrons. The predicted molar refractivity (Wildman–Crippen MR) is 101 cm³/mol. The summed E-state index contributed by atoms with van der Waals surface area (Å²) >= 11 is 0. The second kappa shape index (κ2) is 7.08. The van der Waals surface area contributed by atoms with Crippen LogP contribution in [-0.4, -0.2) is 60.0 Å². The third-order valence-electron chi connectivity index (χ3n) is 5.80. The molecule has 1 amide bonds. The van der Waals surface area contributed by atoms with E-state index in [0.29, 0.717) is 18.0 Å². The van der Waals surface area contributed by atoms with Gasteiger partial charge in [-0.3, -0.25) is 9.69 Å². The van der Waals surface area contributed by atoms with Crippen molar-refractivity contribution < 1.29 is 9.53 Å². The average molecular weight is 351 g/mol. The zero-order valence-electron chi connectivity index (χ0n) is 15.4. The minimum Gasteiger partial charge on any atom is -0.481 e. The smallest absolute Gasteiger partial charge is 0.253 e. The molecule has 5 nitrogen and oxygen atoms in total. The lowest BCUT2D eigenvalue weighted by Gasteiger charge is -2.26. The number of benzene rings is 1. The first-order valence-corrected chi connectivity index (χ1v) is 9.28. The van der Waals surface area contributed by atoms with Crippen molar-refractivity contribution >= 4 is 5.91 Å². The summed E-state index contributed by atoms with van der Waals surface area (Å²) in [5.74, 6) is 0.725. The maximum Gasteiger partial charge on any atom is 0.253 e. The van der Waals surface area contributed by atoms with Gasteiger partial charge in [0, 0.05) is 42.4 Å². The van der Waals surface area contributed by atoms with E-state index in [-0.39, 0.29) is 5.91 Å². The van der Waals surface area contributed by atoms with Crippen LogP contribution >= 0.6 is 0 Å². The number of rotatable bonds is 3. The fourth-order valence-electron chi connectivity index (χ4n) is 4.15. The van der Waals surface area contributed by atoms with E-state index < -0.39 is 0 Å². The Kier molecular flexibility index (Phi) is 4.64. The lowest BCUT2D eigenvalue weighted by Crippen LogP contribution is -2.39. The van der Waals surface area contributed by atoms with Gasteiger partial charge in [-0.2, -0.15) is 0 Å². The molecule has 0 aliphatic carbocycles. The number of pyridine rings is 1. The molecule has 0 unspecified atom stereocenters. The third-order valence-corrected chi connectivity index (χ3v) is 5.80. The van der Waals surface area contributed by atoms with E-state index in [1.54, 1.807) is 7.11 Å². The van der Waals surface area contributed by atoms with Gasteiger partial charge in [0.15, 0.2) is 0 Å². The Morgan fingerprint density at radius 2 is 1.85 bits per heavy atom. The van der Waals surface area contributed by atoms with Crippen LogP contribution in [0.1, 0.15) is 29.6 Å². The fraction of sp³-hybridized carbons (Fsp3) is 0.429. The number of hydrogen-bond donors (Lipinski definition) is 0. The molecule has 2 bridgehead atoms. The van der Waals surface area contributed by atoms with Gasteiger partial charge in [-0.05, 0) is 44.5 Å². The molecule has 2 atom stereocenters. The van der Waals surface area contributed by atoms with Gasteiger partial charge in [0.1, 0.15) is 0 Å². The molecule has 26 heavy (non-hydrogen) atoms. The average Bonchev–Trinajstić information content (AvgIpc) is 2.93. The monoisotopic (exact) mass is 351 g/mol. The van der Waals surface area contributed by atoms with Gasteiger partial charge in [0.25, 0.3) is 5.91 Å². The van der Waals surface area contributed by atoms with E-state index in [9.17, 15) is 4.79 Å². The largest absolute Gasteiger partial charge is 0.481 e. The number of carbonyl (C=O) groups excluding carboxylic acids is 1. The number of amides is 1. The second-order valence-electron chi connectivity index (χ2n) is 7.23. The minimum absolute atomic E-state index is 0.135. The quantitative estimate of drug-likeness (QED) is 0.853. The normalized spacial score (nSPS) is 22.9. The highest BCUT2D eigenvalue weighted by molar-refractivity contribution is 5.94. The van der Waals surface area contributed by atoms with Crippen LogP contribution in [0, 0.1) is 0 Å². The van der Waals surface area contributed by atoms with E-state index in [4.69, 9.17) is 4.74 Å². The third kappa shape index (κ3) is 3.19. The van der Waals surface area contributed by atoms with Crippen molar-refractivity contribution in [3.05, 3.63) is 48.0 Å². The van der Waals surface area contributed by atoms with Gasteiger partial charge in [-0.1, -0.05) is 18.2 Å². The number of likely N-dealkylation sites (N-methyl/N-ethyl adjacent to an activating group) is 1. The summed E-state index contributed by atoms with van der Waals surface area (Å²) in [5, 5.41) is 0. The van der Waals surface area contributed by atoms with Crippen LogP contribution in [0.25, 0.3) is 11.3 Å². The van der Waals surface area contributed by atoms with Gasteiger partial charge >= 0.3 is 0 Å². The summed E-state index contributed by atoms with van der Waals surface area (Å²) in [5.41, 5.74) is 2.57. The summed E-state index contributed by atoms with van der Waals surface area (Å²) in [7, 11) is 3.81. The highest BCUT2D eigenvalue weighted by Gasteiger charge is 2.36. The first kappa shape index (κ1) is 17.0. The molecular formula is C21H25N3O2. The molecule has 4 rings (SSSR count). The number of hydrogen-bond acceptors (Lipinski definition) is 4. The molecule has 0 N–H and O–H groups in total. The lowest BCUT2D eigenvalue weighted by atomic mass is 10.1. The maximum absolute atomic E-state index is 13.0. The van der Waals surface area contributed by atoms with Gasteiger partial charge in [0.05, 0.1) is 12.8 Å². The first-order valence-electron chi connectivity index (χ1n) is 9.28. The van der Waals surface area contributed by atoms with Crippen LogP contribution in [0.4, 0.5) is 0 Å². The number of methoxy groups -OCH3 is 1. The number of carbonyl (C=O) groups is 1. The summed E-state index contributed by atoms with van der Waals surface area (Å²) in [4.78, 5) is 21.9. The fourth-order valence-corrected chi connectivity index (χ4v) is 4.15. The molecule has 5 heteroatoms. The van der Waals surface area contributed by atoms with Crippen LogP contribution in [0.2, 0.25) is 0 Å². The van der Waals surface area contributed by atoms with E-state index in [1.165, 1.54) is 12.8 Å². The lowest BCUT2D eigenvalue weighted by molar-refractivity contribution is 0.0740. The summed E-state index contributed by atoms with van der Waals surface area (Å²) < 4.78 is 5.19. The number of nitrogens with zero attached hydrogens (tertiary/aromatic N) is 3. The Balaban J connectivity index is 1.50. The molecule has 2 aliphatic heterocycles. The van der Waals surface area contributed by atoms with Crippen molar-refractivity contribution in [2.24, 2.45) is 0 Å². The summed E-state index contributed by atoms with van der Waals surface area (Å²) in [6.45, 7) is 1.69. The van der Waals surface area contributed by atoms with Crippen LogP contribution < -0.4 is 4.74 Å². The van der Waals surface area contributed by atoms with Crippen LogP contribution in [-0.2, 0) is 0 Å². The van der Waals surface area contributed by atoms with E-state index >= 15 is 0 Å². The zero-order chi connectivity index (χ0) is 18.1. The van der Waals surface area contributed by atoms with Gasteiger partial charge < -0.3 is 9.64 Å². The van der Waals surface area contributed by atoms with Crippen molar-refractivity contribution in [2.45, 2.75) is 31.3 Å². The van der Waals surface area contributed by atoms with Crippen molar-refractivity contribution in [1.29, 1.82) is 0 Å². The van der Waals surface area contributed by atoms with Crippen LogP contribution in [0.5, 0.6) is 5.88 Å². The maximum atomic E-state index is 13.0. The molecule has 2 fully saturated rings. The molecule has 1 aromatic carbocycles. The molecule has 2 saturated heterocycles. The predicted octanol–water partition coefficient (Wildman–Crippen LogP) is 3.07. The molecule has 1 aromatic heterocycles. The zero-order valence-corrected chi connectivity index (χ0v) is 15.4. The number of likely N-dealkylation sites (tertiary alicyclic amines) is 1. The standard InChI is InChI=1S/C21H25N3O2/c1-23-17-10-11-18(23)14-24(13-12-17)21(25)16-8-6-15(7-9-16)19-4-3-5-20(22-19)26-2/h3-9,17-18H,10-14H2,1-2H3/t17-,18+/m0/s1. The summed E-state index contributed by atoms with van der Waals surface area (Å²) in [6.07, 6.45) is 3.54. The van der Waals surface area contributed by atoms with Gasteiger partial charge in [0.2, 0.25) is 5.88 Å². The summed E-state index contributed by atoms with van der Waals surface area (Å²) in [6, 6.07) is 14.6. The van der Waals surface area contributed by atoms with Gasteiger partial charge in [-0.25, -0.2) is 4.98 Å². The highest BCUT2D eigenvalue weighted by Crippen LogP contribution is 2.29. The number of fused-ring (bicyclic) bond motifs is 2. The van der Waals surface area contributed by atoms with Crippen LogP contribution in [0.15, 0.2) is 42.5 Å². The molecular weight excluding hydrogens is 326 g/mol. The minimum atomic E-state index is 0.135. The Bertz CT molecular complexity index is 790. The highest BCUT2D eigenvalue weighted by atomic mass is 16.5. The molecule has 2 aliphatic rings. The van der Waals surface area contributed by atoms with Crippen molar-refractivity contribution in [3.63, 3.8) is 0 Å². The Hall–Kier alpha value is -2.40. The molecule has 3 heterocycles. The van der Waals surface area contributed by atoms with E-state index in [1.807, 2.05) is 47.4 Å². The molecule has 0 saturated carbocycles. The Morgan fingerprint density at radius 3 is 2.62 bits per heavy atom. The van der Waals surface area contributed by atoms with Crippen molar-refractivity contribution in [2.75, 3.05) is 27.2 Å². The van der Waals surface area contributed by atoms with Gasteiger partial charge in [-0.15, -0.1) is 0 Å². The Labute approximate surface area is 154 Å². The van der Waals surface area contributed by atoms with E-state index in [0.717, 1.165) is 36.3 Å². The van der Waals surface area contributed by atoms with Crippen molar-refractivity contribution in [3.8, 4) is 17.1 Å².